The van der Waals surface area contributed by atoms with Gasteiger partial charge in [-0.15, -0.1) is 11.6 Å². The fraction of sp³-hybridized carbons (Fsp3) is 0.143. The number of rotatable bonds is 2. The molecule has 2 aromatic heterocycles. The van der Waals surface area contributed by atoms with Crippen molar-refractivity contribution in [3.8, 4) is 5.69 Å². The predicted molar refractivity (Wildman–Crippen MR) is 83.2 cm³/mol. The molecule has 3 rings (SSSR count). The van der Waals surface area contributed by atoms with Gasteiger partial charge in [0.2, 0.25) is 0 Å². The number of nitrogens with zero attached hydrogens (tertiary/aromatic N) is 3. The minimum atomic E-state index is -0.266. The quantitative estimate of drug-likeness (QED) is 0.619. The van der Waals surface area contributed by atoms with Gasteiger partial charge in [-0.25, -0.2) is 4.98 Å². The Hall–Kier alpha value is -1.29. The number of alkyl halides is 1. The average molecular weight is 327 g/mol. The maximum atomic E-state index is 6.32. The highest BCUT2D eigenvalue weighted by atomic mass is 35.5. The van der Waals surface area contributed by atoms with Crippen molar-refractivity contribution in [3.63, 3.8) is 0 Å². The van der Waals surface area contributed by atoms with Gasteiger partial charge < -0.3 is 0 Å². The number of hydrogen-bond acceptors (Lipinski definition) is 2. The number of imidazole rings is 1. The zero-order valence-electron chi connectivity index (χ0n) is 10.5. The Kier molecular flexibility index (Phi) is 3.59. The van der Waals surface area contributed by atoms with Crippen molar-refractivity contribution in [1.82, 2.24) is 14.5 Å². The van der Waals surface area contributed by atoms with Crippen LogP contribution in [-0.2, 0) is 0 Å². The molecule has 0 saturated carbocycles. The van der Waals surface area contributed by atoms with Crippen LogP contribution in [0.4, 0.5) is 0 Å². The second-order valence-corrected chi connectivity index (χ2v) is 5.80. The Labute approximate surface area is 131 Å². The monoisotopic (exact) mass is 325 g/mol. The normalized spacial score (nSPS) is 12.8. The standard InChI is InChI=1S/C14H10Cl3N3/c1-8(15)14-19-10-7-18-6-5-11(10)20(14)12-4-2-3-9(16)13(12)17/h2-8H,1H3. The van der Waals surface area contributed by atoms with Gasteiger partial charge in [0.25, 0.3) is 0 Å². The Morgan fingerprint density at radius 3 is 2.75 bits per heavy atom. The maximum Gasteiger partial charge on any atom is 0.132 e. The molecular weight excluding hydrogens is 317 g/mol. The molecule has 20 heavy (non-hydrogen) atoms. The molecule has 3 aromatic rings. The number of halogens is 3. The summed E-state index contributed by atoms with van der Waals surface area (Å²) in [4.78, 5) is 8.61. The van der Waals surface area contributed by atoms with Crippen molar-refractivity contribution >= 4 is 45.8 Å². The highest BCUT2D eigenvalue weighted by molar-refractivity contribution is 6.43. The van der Waals surface area contributed by atoms with Crippen molar-refractivity contribution in [2.45, 2.75) is 12.3 Å². The molecular formula is C14H10Cl3N3. The van der Waals surface area contributed by atoms with Crippen LogP contribution in [0.25, 0.3) is 16.7 Å². The molecule has 0 N–H and O–H groups in total. The highest BCUT2D eigenvalue weighted by Gasteiger charge is 2.18. The number of fused-ring (bicyclic) bond motifs is 1. The summed E-state index contributed by atoms with van der Waals surface area (Å²) in [6, 6.07) is 7.36. The third-order valence-electron chi connectivity index (χ3n) is 3.01. The van der Waals surface area contributed by atoms with Crippen LogP contribution in [0.5, 0.6) is 0 Å². The van der Waals surface area contributed by atoms with Crippen LogP contribution in [0.1, 0.15) is 18.1 Å². The lowest BCUT2D eigenvalue weighted by molar-refractivity contribution is 0.883. The molecule has 0 fully saturated rings. The second kappa shape index (κ2) is 5.24. The van der Waals surface area contributed by atoms with Gasteiger partial charge in [0.15, 0.2) is 0 Å². The summed E-state index contributed by atoms with van der Waals surface area (Å²) in [5.41, 5.74) is 2.42. The van der Waals surface area contributed by atoms with Gasteiger partial charge >= 0.3 is 0 Å². The SMILES string of the molecule is CC(Cl)c1nc2cnccc2n1-c1cccc(Cl)c1Cl. The molecule has 0 aliphatic heterocycles. The van der Waals surface area contributed by atoms with Gasteiger partial charge in [-0.05, 0) is 25.1 Å². The van der Waals surface area contributed by atoms with E-state index < -0.39 is 0 Å². The minimum absolute atomic E-state index is 0.266. The summed E-state index contributed by atoms with van der Waals surface area (Å²) in [5, 5.41) is 0.703. The molecule has 0 radical (unpaired) electrons. The van der Waals surface area contributed by atoms with E-state index in [1.165, 1.54) is 0 Å². The summed E-state index contributed by atoms with van der Waals surface area (Å²) in [7, 11) is 0. The fourth-order valence-corrected chi connectivity index (χ4v) is 2.66. The van der Waals surface area contributed by atoms with Crippen molar-refractivity contribution in [1.29, 1.82) is 0 Å². The Bertz CT molecular complexity index is 780. The lowest BCUT2D eigenvalue weighted by atomic mass is 10.3. The van der Waals surface area contributed by atoms with Crippen molar-refractivity contribution in [3.05, 3.63) is 52.5 Å². The van der Waals surface area contributed by atoms with Crippen molar-refractivity contribution < 1.29 is 0 Å². The van der Waals surface area contributed by atoms with E-state index in [0.29, 0.717) is 15.9 Å². The van der Waals surface area contributed by atoms with Gasteiger partial charge in [0.05, 0.1) is 32.8 Å². The number of hydrogen-bond donors (Lipinski definition) is 0. The first-order valence-electron chi connectivity index (χ1n) is 6.00. The summed E-state index contributed by atoms with van der Waals surface area (Å²) in [5.74, 6) is 0.707. The van der Waals surface area contributed by atoms with E-state index in [9.17, 15) is 0 Å². The van der Waals surface area contributed by atoms with Gasteiger partial charge in [0, 0.05) is 6.20 Å². The van der Waals surface area contributed by atoms with Crippen LogP contribution in [0.15, 0.2) is 36.7 Å². The first-order chi connectivity index (χ1) is 9.59. The minimum Gasteiger partial charge on any atom is -0.293 e. The van der Waals surface area contributed by atoms with E-state index in [0.717, 1.165) is 16.7 Å². The molecule has 0 aliphatic carbocycles. The zero-order chi connectivity index (χ0) is 14.3. The van der Waals surface area contributed by atoms with E-state index in [1.54, 1.807) is 18.5 Å². The summed E-state index contributed by atoms with van der Waals surface area (Å²) in [6.07, 6.45) is 3.41. The third kappa shape index (κ3) is 2.16. The molecule has 1 atom stereocenters. The molecule has 0 spiro atoms. The van der Waals surface area contributed by atoms with Gasteiger partial charge in [0.1, 0.15) is 11.3 Å². The van der Waals surface area contributed by atoms with E-state index in [2.05, 4.69) is 9.97 Å². The van der Waals surface area contributed by atoms with Crippen LogP contribution in [-0.4, -0.2) is 14.5 Å². The van der Waals surface area contributed by atoms with Gasteiger partial charge in [-0.1, -0.05) is 29.3 Å². The van der Waals surface area contributed by atoms with E-state index in [1.807, 2.05) is 29.7 Å². The van der Waals surface area contributed by atoms with Gasteiger partial charge in [-0.2, -0.15) is 0 Å². The van der Waals surface area contributed by atoms with Gasteiger partial charge in [-0.3, -0.25) is 9.55 Å². The largest absolute Gasteiger partial charge is 0.293 e. The lowest BCUT2D eigenvalue weighted by Crippen LogP contribution is -2.02. The number of aromatic nitrogens is 3. The molecule has 102 valence electrons. The average Bonchev–Trinajstić information content (AvgIpc) is 2.81. The second-order valence-electron chi connectivity index (χ2n) is 4.36. The van der Waals surface area contributed by atoms with Crippen molar-refractivity contribution in [2.75, 3.05) is 0 Å². The lowest BCUT2D eigenvalue weighted by Gasteiger charge is -2.12. The maximum absolute atomic E-state index is 6.32. The Balaban J connectivity index is 2.39. The summed E-state index contributed by atoms with van der Waals surface area (Å²) >= 11 is 18.7. The molecule has 1 unspecified atom stereocenters. The van der Waals surface area contributed by atoms with Crippen LogP contribution >= 0.6 is 34.8 Å². The van der Waals surface area contributed by atoms with Crippen LogP contribution in [0.2, 0.25) is 10.0 Å². The van der Waals surface area contributed by atoms with Crippen LogP contribution in [0, 0.1) is 0 Å². The summed E-state index contributed by atoms with van der Waals surface area (Å²) in [6.45, 7) is 1.87. The smallest absolute Gasteiger partial charge is 0.132 e. The van der Waals surface area contributed by atoms with Crippen LogP contribution in [0.3, 0.4) is 0 Å². The summed E-state index contributed by atoms with van der Waals surface area (Å²) < 4.78 is 1.92. The van der Waals surface area contributed by atoms with E-state index in [4.69, 9.17) is 34.8 Å². The zero-order valence-corrected chi connectivity index (χ0v) is 12.8. The first kappa shape index (κ1) is 13.7. The fourth-order valence-electron chi connectivity index (χ4n) is 2.14. The highest BCUT2D eigenvalue weighted by Crippen LogP contribution is 2.34. The number of benzene rings is 1. The third-order valence-corrected chi connectivity index (χ3v) is 4.01. The molecule has 0 saturated heterocycles. The molecule has 6 heteroatoms. The molecule has 1 aromatic carbocycles. The Morgan fingerprint density at radius 1 is 1.20 bits per heavy atom. The topological polar surface area (TPSA) is 30.7 Å². The molecule has 2 heterocycles. The Morgan fingerprint density at radius 2 is 2.00 bits per heavy atom. The van der Waals surface area contributed by atoms with Crippen molar-refractivity contribution in [2.24, 2.45) is 0 Å². The predicted octanol–water partition coefficient (Wildman–Crippen LogP) is 5.03. The van der Waals surface area contributed by atoms with E-state index >= 15 is 0 Å². The van der Waals surface area contributed by atoms with E-state index in [-0.39, 0.29) is 5.38 Å². The molecule has 3 nitrogen and oxygen atoms in total. The number of pyridine rings is 1. The van der Waals surface area contributed by atoms with Crippen LogP contribution < -0.4 is 0 Å². The molecule has 0 bridgehead atoms. The molecule has 0 amide bonds. The first-order valence-corrected chi connectivity index (χ1v) is 7.19. The molecule has 0 aliphatic rings.